The first kappa shape index (κ1) is 17.3. The van der Waals surface area contributed by atoms with Gasteiger partial charge in [0.15, 0.2) is 0 Å². The molecule has 2 amide bonds. The zero-order chi connectivity index (χ0) is 18.1. The van der Waals surface area contributed by atoms with E-state index in [1.54, 1.807) is 12.0 Å². The Labute approximate surface area is 154 Å². The van der Waals surface area contributed by atoms with Gasteiger partial charge in [-0.15, -0.1) is 0 Å². The van der Waals surface area contributed by atoms with Crippen LogP contribution in [0.4, 0.5) is 11.4 Å². The van der Waals surface area contributed by atoms with Gasteiger partial charge in [-0.25, -0.2) is 0 Å². The summed E-state index contributed by atoms with van der Waals surface area (Å²) in [4.78, 5) is 26.8. The van der Waals surface area contributed by atoms with Crippen molar-refractivity contribution in [3.8, 4) is 5.75 Å². The van der Waals surface area contributed by atoms with Crippen molar-refractivity contribution >= 4 is 23.2 Å². The predicted octanol–water partition coefficient (Wildman–Crippen LogP) is 2.54. The Bertz CT molecular complexity index is 712. The summed E-state index contributed by atoms with van der Waals surface area (Å²) in [6.07, 6.45) is 5.66. The minimum absolute atomic E-state index is 0.105. The van der Waals surface area contributed by atoms with Gasteiger partial charge in [-0.2, -0.15) is 0 Å². The Morgan fingerprint density at radius 1 is 1.31 bits per heavy atom. The molecule has 1 atom stereocenters. The zero-order valence-corrected chi connectivity index (χ0v) is 15.3. The van der Waals surface area contributed by atoms with E-state index in [4.69, 9.17) is 4.74 Å². The summed E-state index contributed by atoms with van der Waals surface area (Å²) in [5, 5.41) is 6.44. The minimum Gasteiger partial charge on any atom is -0.495 e. The Kier molecular flexibility index (Phi) is 4.61. The quantitative estimate of drug-likeness (QED) is 0.869. The zero-order valence-electron chi connectivity index (χ0n) is 15.3. The van der Waals surface area contributed by atoms with Crippen molar-refractivity contribution in [1.82, 2.24) is 5.32 Å². The third-order valence-electron chi connectivity index (χ3n) is 6.17. The molecule has 3 aliphatic rings. The maximum Gasteiger partial charge on any atom is 0.228 e. The normalized spacial score (nSPS) is 24.4. The van der Waals surface area contributed by atoms with Gasteiger partial charge in [0.05, 0.1) is 12.8 Å². The lowest BCUT2D eigenvalue weighted by atomic mass is 9.92. The molecule has 2 saturated heterocycles. The van der Waals surface area contributed by atoms with Crippen LogP contribution in [-0.4, -0.2) is 38.6 Å². The second kappa shape index (κ2) is 6.91. The standard InChI is InChI=1S/C20H27N3O3/c1-26-17-6-5-14(12-16(17)23-11-3-2-4-18(23)24)22-19(25)15-13-20(15)7-9-21-10-8-20/h5-6,12,15,21H,2-4,7-11,13H2,1H3,(H,22,25). The van der Waals surface area contributed by atoms with Gasteiger partial charge < -0.3 is 20.3 Å². The van der Waals surface area contributed by atoms with Gasteiger partial charge in [0.1, 0.15) is 5.75 Å². The molecule has 1 aromatic rings. The third kappa shape index (κ3) is 3.18. The van der Waals surface area contributed by atoms with E-state index in [0.29, 0.717) is 18.7 Å². The van der Waals surface area contributed by atoms with Crippen LogP contribution in [0.1, 0.15) is 38.5 Å². The van der Waals surface area contributed by atoms with E-state index < -0.39 is 0 Å². The molecular weight excluding hydrogens is 330 g/mol. The van der Waals surface area contributed by atoms with Gasteiger partial charge in [0.25, 0.3) is 0 Å². The van der Waals surface area contributed by atoms with Gasteiger partial charge in [-0.1, -0.05) is 0 Å². The summed E-state index contributed by atoms with van der Waals surface area (Å²) in [5.41, 5.74) is 1.70. The lowest BCUT2D eigenvalue weighted by Gasteiger charge is -2.28. The number of hydrogen-bond acceptors (Lipinski definition) is 4. The Balaban J connectivity index is 1.49. The summed E-state index contributed by atoms with van der Waals surface area (Å²) < 4.78 is 5.44. The van der Waals surface area contributed by atoms with Crippen LogP contribution < -0.4 is 20.3 Å². The maximum absolute atomic E-state index is 12.7. The number of anilines is 2. The van der Waals surface area contributed by atoms with Gasteiger partial charge in [0, 0.05) is 24.6 Å². The largest absolute Gasteiger partial charge is 0.495 e. The Morgan fingerprint density at radius 3 is 2.85 bits per heavy atom. The number of rotatable bonds is 4. The number of carbonyl (C=O) groups excluding carboxylic acids is 2. The molecule has 1 spiro atoms. The fourth-order valence-corrected chi connectivity index (χ4v) is 4.46. The third-order valence-corrected chi connectivity index (χ3v) is 6.17. The molecular formula is C20H27N3O3. The van der Waals surface area contributed by atoms with Gasteiger partial charge in [0.2, 0.25) is 11.8 Å². The van der Waals surface area contributed by atoms with Crippen LogP contribution in [0.5, 0.6) is 5.75 Å². The molecule has 26 heavy (non-hydrogen) atoms. The molecule has 1 unspecified atom stereocenters. The van der Waals surface area contributed by atoms with Crippen LogP contribution in [0.25, 0.3) is 0 Å². The topological polar surface area (TPSA) is 70.7 Å². The molecule has 0 radical (unpaired) electrons. The second-order valence-corrected chi connectivity index (χ2v) is 7.75. The Hall–Kier alpha value is -2.08. The van der Waals surface area contributed by atoms with Crippen molar-refractivity contribution in [2.24, 2.45) is 11.3 Å². The van der Waals surface area contributed by atoms with Crippen molar-refractivity contribution < 1.29 is 14.3 Å². The number of hydrogen-bond donors (Lipinski definition) is 2. The first-order chi connectivity index (χ1) is 12.6. The lowest BCUT2D eigenvalue weighted by molar-refractivity contribution is -0.119. The van der Waals surface area contributed by atoms with Crippen molar-refractivity contribution in [1.29, 1.82) is 0 Å². The summed E-state index contributed by atoms with van der Waals surface area (Å²) in [6.45, 7) is 2.71. The summed E-state index contributed by atoms with van der Waals surface area (Å²) in [6, 6.07) is 5.56. The summed E-state index contributed by atoms with van der Waals surface area (Å²) >= 11 is 0. The SMILES string of the molecule is COc1ccc(NC(=O)C2CC23CCNCC3)cc1N1CCCCC1=O. The molecule has 2 heterocycles. The number of carbonyl (C=O) groups is 2. The fourth-order valence-electron chi connectivity index (χ4n) is 4.46. The molecule has 6 heteroatoms. The molecule has 4 rings (SSSR count). The highest BCUT2D eigenvalue weighted by atomic mass is 16.5. The van der Waals surface area contributed by atoms with Gasteiger partial charge in [-0.05, 0) is 68.8 Å². The van der Waals surface area contributed by atoms with Crippen LogP contribution in [0.15, 0.2) is 18.2 Å². The number of nitrogens with one attached hydrogen (secondary N) is 2. The van der Waals surface area contributed by atoms with Crippen LogP contribution in [0.2, 0.25) is 0 Å². The van der Waals surface area contributed by atoms with Gasteiger partial charge >= 0.3 is 0 Å². The predicted molar refractivity (Wildman–Crippen MR) is 100 cm³/mol. The van der Waals surface area contributed by atoms with Crippen LogP contribution in [-0.2, 0) is 9.59 Å². The molecule has 3 fully saturated rings. The highest BCUT2D eigenvalue weighted by Gasteiger charge is 2.57. The molecule has 2 aliphatic heterocycles. The van der Waals surface area contributed by atoms with E-state index in [-0.39, 0.29) is 23.1 Å². The van der Waals surface area contributed by atoms with E-state index in [9.17, 15) is 9.59 Å². The van der Waals surface area contributed by atoms with Crippen molar-refractivity contribution in [2.75, 3.05) is 37.0 Å². The number of nitrogens with zero attached hydrogens (tertiary/aromatic N) is 1. The summed E-state index contributed by atoms with van der Waals surface area (Å²) in [7, 11) is 1.61. The van der Waals surface area contributed by atoms with Gasteiger partial charge in [-0.3, -0.25) is 9.59 Å². The van der Waals surface area contributed by atoms with Crippen molar-refractivity contribution in [3.63, 3.8) is 0 Å². The van der Waals surface area contributed by atoms with E-state index >= 15 is 0 Å². The number of methoxy groups -OCH3 is 1. The maximum atomic E-state index is 12.7. The van der Waals surface area contributed by atoms with E-state index in [1.807, 2.05) is 18.2 Å². The average Bonchev–Trinajstić information content (AvgIpc) is 3.35. The van der Waals surface area contributed by atoms with E-state index in [0.717, 1.165) is 56.6 Å². The monoisotopic (exact) mass is 357 g/mol. The number of piperidine rings is 2. The van der Waals surface area contributed by atoms with Crippen molar-refractivity contribution in [2.45, 2.75) is 38.5 Å². The van der Waals surface area contributed by atoms with E-state index in [2.05, 4.69) is 10.6 Å². The van der Waals surface area contributed by atoms with E-state index in [1.165, 1.54) is 0 Å². The van der Waals surface area contributed by atoms with Crippen molar-refractivity contribution in [3.05, 3.63) is 18.2 Å². The van der Waals surface area contributed by atoms with Crippen LogP contribution >= 0.6 is 0 Å². The average molecular weight is 357 g/mol. The first-order valence-corrected chi connectivity index (χ1v) is 9.63. The van der Waals surface area contributed by atoms with Crippen LogP contribution in [0, 0.1) is 11.3 Å². The smallest absolute Gasteiger partial charge is 0.228 e. The fraction of sp³-hybridized carbons (Fsp3) is 0.600. The lowest BCUT2D eigenvalue weighted by Crippen LogP contribution is -2.35. The number of ether oxygens (including phenoxy) is 1. The molecule has 2 N–H and O–H groups in total. The molecule has 0 aromatic heterocycles. The molecule has 6 nitrogen and oxygen atoms in total. The number of benzene rings is 1. The highest BCUT2D eigenvalue weighted by molar-refractivity contribution is 5.99. The molecule has 1 saturated carbocycles. The molecule has 140 valence electrons. The highest BCUT2D eigenvalue weighted by Crippen LogP contribution is 2.58. The minimum atomic E-state index is 0.105. The number of amides is 2. The first-order valence-electron chi connectivity index (χ1n) is 9.63. The molecule has 0 bridgehead atoms. The molecule has 1 aliphatic carbocycles. The molecule has 1 aromatic carbocycles. The second-order valence-electron chi connectivity index (χ2n) is 7.75. The Morgan fingerprint density at radius 2 is 2.12 bits per heavy atom. The summed E-state index contributed by atoms with van der Waals surface area (Å²) in [5.74, 6) is 1.01. The van der Waals surface area contributed by atoms with Crippen LogP contribution in [0.3, 0.4) is 0 Å².